The van der Waals surface area contributed by atoms with E-state index in [0.717, 1.165) is 18.7 Å². The minimum Gasteiger partial charge on any atom is -0.399 e. The predicted octanol–water partition coefficient (Wildman–Crippen LogP) is 1.42. The van der Waals surface area contributed by atoms with Crippen molar-refractivity contribution in [1.29, 1.82) is 0 Å². The summed E-state index contributed by atoms with van der Waals surface area (Å²) in [6, 6.07) is 11.0. The fourth-order valence-corrected chi connectivity index (χ4v) is 1.70. The highest BCUT2D eigenvalue weighted by Crippen LogP contribution is 2.08. The monoisotopic (exact) mass is 256 g/mol. The van der Waals surface area contributed by atoms with E-state index in [2.05, 4.69) is 10.3 Å². The molecule has 1 amide bonds. The highest BCUT2D eigenvalue weighted by atomic mass is 16.1. The fraction of sp³-hybridized carbons (Fsp3) is 0.143. The summed E-state index contributed by atoms with van der Waals surface area (Å²) < 4.78 is 0. The van der Waals surface area contributed by atoms with E-state index in [1.165, 1.54) is 5.56 Å². The number of nitrogens with zero attached hydrogens (tertiary/aromatic N) is 1. The average Bonchev–Trinajstić information content (AvgIpc) is 2.41. The van der Waals surface area contributed by atoms with Gasteiger partial charge in [0.15, 0.2) is 0 Å². The van der Waals surface area contributed by atoms with E-state index in [1.54, 1.807) is 18.3 Å². The average molecular weight is 256 g/mol. The van der Waals surface area contributed by atoms with E-state index in [-0.39, 0.29) is 0 Å². The lowest BCUT2D eigenvalue weighted by Crippen LogP contribution is -2.12. The zero-order chi connectivity index (χ0) is 13.7. The van der Waals surface area contributed by atoms with Crippen LogP contribution in [-0.2, 0) is 6.42 Å². The van der Waals surface area contributed by atoms with Crippen molar-refractivity contribution in [3.8, 4) is 0 Å². The Balaban J connectivity index is 1.90. The Hall–Kier alpha value is -2.56. The largest absolute Gasteiger partial charge is 0.399 e. The minimum atomic E-state index is -0.455. The molecule has 1 aromatic heterocycles. The van der Waals surface area contributed by atoms with Gasteiger partial charge in [-0.05, 0) is 36.2 Å². The van der Waals surface area contributed by atoms with E-state index >= 15 is 0 Å². The Morgan fingerprint density at radius 1 is 1.21 bits per heavy atom. The molecule has 2 aromatic rings. The van der Waals surface area contributed by atoms with E-state index in [1.807, 2.05) is 24.3 Å². The molecular weight excluding hydrogens is 240 g/mol. The molecule has 0 unspecified atom stereocenters. The van der Waals surface area contributed by atoms with Gasteiger partial charge in [-0.3, -0.25) is 4.79 Å². The second kappa shape index (κ2) is 5.86. The van der Waals surface area contributed by atoms with Crippen LogP contribution in [0.5, 0.6) is 0 Å². The first-order chi connectivity index (χ1) is 9.15. The van der Waals surface area contributed by atoms with Gasteiger partial charge in [0.2, 0.25) is 5.91 Å². The van der Waals surface area contributed by atoms with Crippen LogP contribution in [0.25, 0.3) is 0 Å². The lowest BCUT2D eigenvalue weighted by Gasteiger charge is -2.06. The quantitative estimate of drug-likeness (QED) is 0.705. The topological polar surface area (TPSA) is 94.0 Å². The van der Waals surface area contributed by atoms with Crippen molar-refractivity contribution >= 4 is 17.4 Å². The molecule has 0 aliphatic carbocycles. The predicted molar refractivity (Wildman–Crippen MR) is 75.8 cm³/mol. The maximum absolute atomic E-state index is 11.0. The molecule has 0 atom stereocenters. The smallest absolute Gasteiger partial charge is 0.248 e. The van der Waals surface area contributed by atoms with E-state index in [0.29, 0.717) is 11.4 Å². The van der Waals surface area contributed by atoms with Crippen molar-refractivity contribution in [3.63, 3.8) is 0 Å². The molecule has 2 rings (SSSR count). The van der Waals surface area contributed by atoms with Gasteiger partial charge in [0.1, 0.15) is 5.82 Å². The van der Waals surface area contributed by atoms with Crippen molar-refractivity contribution in [2.45, 2.75) is 6.42 Å². The third-order valence-electron chi connectivity index (χ3n) is 2.74. The number of nitrogen functional groups attached to an aromatic ring is 1. The van der Waals surface area contributed by atoms with Gasteiger partial charge >= 0.3 is 0 Å². The second-order valence-electron chi connectivity index (χ2n) is 4.21. The molecule has 0 radical (unpaired) electrons. The van der Waals surface area contributed by atoms with Gasteiger partial charge < -0.3 is 16.8 Å². The van der Waals surface area contributed by atoms with Crippen LogP contribution >= 0.6 is 0 Å². The molecule has 5 N–H and O–H groups in total. The third-order valence-corrected chi connectivity index (χ3v) is 2.74. The zero-order valence-corrected chi connectivity index (χ0v) is 10.5. The number of primary amides is 1. The van der Waals surface area contributed by atoms with Crippen molar-refractivity contribution in [3.05, 3.63) is 53.7 Å². The standard InChI is InChI=1S/C14H16N4O/c15-12-3-1-10(2-4-12)5-7-17-13-9-11(14(16)19)6-8-18-13/h1-4,6,8-9H,5,7,15H2,(H2,16,19)(H,17,18). The van der Waals surface area contributed by atoms with Gasteiger partial charge in [-0.2, -0.15) is 0 Å². The van der Waals surface area contributed by atoms with Gasteiger partial charge in [0.25, 0.3) is 0 Å². The molecule has 0 saturated heterocycles. The lowest BCUT2D eigenvalue weighted by atomic mass is 10.1. The van der Waals surface area contributed by atoms with Gasteiger partial charge in [-0.15, -0.1) is 0 Å². The van der Waals surface area contributed by atoms with Crippen LogP contribution in [0.3, 0.4) is 0 Å². The van der Waals surface area contributed by atoms with Crippen molar-refractivity contribution < 1.29 is 4.79 Å². The molecule has 0 aliphatic heterocycles. The Morgan fingerprint density at radius 2 is 1.95 bits per heavy atom. The van der Waals surface area contributed by atoms with E-state index in [9.17, 15) is 4.79 Å². The number of benzene rings is 1. The highest BCUT2D eigenvalue weighted by Gasteiger charge is 2.01. The van der Waals surface area contributed by atoms with Crippen LogP contribution in [0.4, 0.5) is 11.5 Å². The van der Waals surface area contributed by atoms with Gasteiger partial charge in [0.05, 0.1) is 0 Å². The summed E-state index contributed by atoms with van der Waals surface area (Å²) in [5, 5.41) is 3.15. The Morgan fingerprint density at radius 3 is 2.63 bits per heavy atom. The molecule has 0 aliphatic rings. The fourth-order valence-electron chi connectivity index (χ4n) is 1.70. The maximum Gasteiger partial charge on any atom is 0.248 e. The Kier molecular flexibility index (Phi) is 3.97. The van der Waals surface area contributed by atoms with Crippen LogP contribution in [0.15, 0.2) is 42.6 Å². The number of hydrogen-bond acceptors (Lipinski definition) is 4. The molecule has 0 fully saturated rings. The lowest BCUT2D eigenvalue weighted by molar-refractivity contribution is 0.1000. The summed E-state index contributed by atoms with van der Waals surface area (Å²) in [5.74, 6) is 0.190. The first-order valence-corrected chi connectivity index (χ1v) is 5.99. The zero-order valence-electron chi connectivity index (χ0n) is 10.5. The SMILES string of the molecule is NC(=O)c1ccnc(NCCc2ccc(N)cc2)c1. The molecule has 1 heterocycles. The first-order valence-electron chi connectivity index (χ1n) is 5.99. The summed E-state index contributed by atoms with van der Waals surface area (Å²) in [6.07, 6.45) is 2.41. The molecule has 5 nitrogen and oxygen atoms in total. The van der Waals surface area contributed by atoms with Crippen molar-refractivity contribution in [2.75, 3.05) is 17.6 Å². The molecule has 0 saturated carbocycles. The van der Waals surface area contributed by atoms with Crippen LogP contribution in [0, 0.1) is 0 Å². The van der Waals surface area contributed by atoms with Crippen molar-refractivity contribution in [2.24, 2.45) is 5.73 Å². The molecule has 1 aromatic carbocycles. The number of anilines is 2. The number of carbonyl (C=O) groups excluding carboxylic acids is 1. The normalized spacial score (nSPS) is 10.1. The summed E-state index contributed by atoms with van der Waals surface area (Å²) in [7, 11) is 0. The van der Waals surface area contributed by atoms with Crippen molar-refractivity contribution in [1.82, 2.24) is 4.98 Å². The first kappa shape index (κ1) is 12.9. The van der Waals surface area contributed by atoms with Crippen LogP contribution in [-0.4, -0.2) is 17.4 Å². The molecule has 0 bridgehead atoms. The maximum atomic E-state index is 11.0. The summed E-state index contributed by atoms with van der Waals surface area (Å²) in [5.41, 5.74) is 13.2. The van der Waals surface area contributed by atoms with Crippen LogP contribution in [0.1, 0.15) is 15.9 Å². The number of carbonyl (C=O) groups is 1. The number of rotatable bonds is 5. The van der Waals surface area contributed by atoms with Crippen LogP contribution in [0.2, 0.25) is 0 Å². The molecule has 19 heavy (non-hydrogen) atoms. The number of nitrogens with two attached hydrogens (primary N) is 2. The number of amides is 1. The van der Waals surface area contributed by atoms with Gasteiger partial charge in [-0.1, -0.05) is 12.1 Å². The number of pyridine rings is 1. The Bertz CT molecular complexity index is 566. The highest BCUT2D eigenvalue weighted by molar-refractivity contribution is 5.93. The van der Waals surface area contributed by atoms with E-state index < -0.39 is 5.91 Å². The second-order valence-corrected chi connectivity index (χ2v) is 4.21. The molecule has 0 spiro atoms. The number of aromatic nitrogens is 1. The summed E-state index contributed by atoms with van der Waals surface area (Å²) in [4.78, 5) is 15.2. The van der Waals surface area contributed by atoms with Gasteiger partial charge in [-0.25, -0.2) is 4.98 Å². The third kappa shape index (κ3) is 3.70. The molecule has 98 valence electrons. The summed E-state index contributed by atoms with van der Waals surface area (Å²) in [6.45, 7) is 0.721. The summed E-state index contributed by atoms with van der Waals surface area (Å²) >= 11 is 0. The molecule has 5 heteroatoms. The number of hydrogen-bond donors (Lipinski definition) is 3. The van der Waals surface area contributed by atoms with Crippen LogP contribution < -0.4 is 16.8 Å². The minimum absolute atomic E-state index is 0.449. The Labute approximate surface area is 111 Å². The van der Waals surface area contributed by atoms with Gasteiger partial charge in [0, 0.05) is 24.0 Å². The molecular formula is C14H16N4O. The number of nitrogens with one attached hydrogen (secondary N) is 1. The van der Waals surface area contributed by atoms with E-state index in [4.69, 9.17) is 11.5 Å².